The summed E-state index contributed by atoms with van der Waals surface area (Å²) in [5, 5.41) is 11.2. The van der Waals surface area contributed by atoms with E-state index in [1.165, 1.54) is 0 Å². The second kappa shape index (κ2) is 5.52. The van der Waals surface area contributed by atoms with Crippen molar-refractivity contribution in [1.29, 1.82) is 0 Å². The molecule has 2 fully saturated rings. The Morgan fingerprint density at radius 3 is 2.76 bits per heavy atom. The molecule has 2 aliphatic rings. The van der Waals surface area contributed by atoms with Crippen molar-refractivity contribution < 1.29 is 9.84 Å². The van der Waals surface area contributed by atoms with Gasteiger partial charge in [-0.15, -0.1) is 0 Å². The van der Waals surface area contributed by atoms with Gasteiger partial charge in [-0.05, 0) is 12.5 Å². The van der Waals surface area contributed by atoms with Crippen molar-refractivity contribution in [3.63, 3.8) is 0 Å². The number of nitrogens with one attached hydrogen (secondary N) is 1. The molecule has 0 spiro atoms. The predicted molar refractivity (Wildman–Crippen MR) is 93.9 cm³/mol. The average Bonchev–Trinajstić information content (AvgIpc) is 3.02. The van der Waals surface area contributed by atoms with Gasteiger partial charge in [0.15, 0.2) is 5.82 Å². The fourth-order valence-corrected chi connectivity index (χ4v) is 3.70. The van der Waals surface area contributed by atoms with Crippen LogP contribution in [0.2, 0.25) is 0 Å². The minimum absolute atomic E-state index is 0.0293. The Morgan fingerprint density at radius 2 is 2.00 bits per heavy atom. The first-order valence-corrected chi connectivity index (χ1v) is 8.47. The molecule has 2 unspecified atom stereocenters. The lowest BCUT2D eigenvalue weighted by Gasteiger charge is -2.25. The van der Waals surface area contributed by atoms with Gasteiger partial charge in [-0.25, -0.2) is 9.97 Å². The first-order chi connectivity index (χ1) is 12.2. The number of aromatic nitrogens is 3. The third kappa shape index (κ3) is 2.48. The summed E-state index contributed by atoms with van der Waals surface area (Å²) in [5.74, 6) is 1.47. The summed E-state index contributed by atoms with van der Waals surface area (Å²) in [4.78, 5) is 14.8. The maximum absolute atomic E-state index is 10.2. The number of nitrogens with two attached hydrogens (primary N) is 1. The summed E-state index contributed by atoms with van der Waals surface area (Å²) < 4.78 is 5.48. The van der Waals surface area contributed by atoms with E-state index in [1.807, 2.05) is 42.6 Å². The van der Waals surface area contributed by atoms with Gasteiger partial charge in [-0.3, -0.25) is 0 Å². The number of anilines is 1. The standard InChI is InChI=1S/C18H19N5O2/c19-15-14(25-15)13-8-11(24)9-23(13)18-12-6-7-20-17(12)21-16(22-18)10-4-2-1-3-5-10/h1-7,11,13-15,24H,8-9,19H2,(H,20,21,22)/t11-,13+,14?,15?/m1/s1. The number of hydrogen-bond acceptors (Lipinski definition) is 6. The van der Waals surface area contributed by atoms with Crippen LogP contribution in [0, 0.1) is 0 Å². The molecule has 0 radical (unpaired) electrons. The lowest BCUT2D eigenvalue weighted by molar-refractivity contribution is 0.191. The highest BCUT2D eigenvalue weighted by atomic mass is 16.6. The molecule has 0 bridgehead atoms. The molecule has 2 saturated heterocycles. The van der Waals surface area contributed by atoms with E-state index in [-0.39, 0.29) is 18.4 Å². The summed E-state index contributed by atoms with van der Waals surface area (Å²) >= 11 is 0. The van der Waals surface area contributed by atoms with E-state index in [1.54, 1.807) is 0 Å². The number of epoxide rings is 1. The van der Waals surface area contributed by atoms with Crippen molar-refractivity contribution in [2.75, 3.05) is 11.4 Å². The molecule has 4 N–H and O–H groups in total. The van der Waals surface area contributed by atoms with E-state index < -0.39 is 6.10 Å². The molecule has 2 aromatic heterocycles. The van der Waals surface area contributed by atoms with Gasteiger partial charge in [-0.2, -0.15) is 0 Å². The van der Waals surface area contributed by atoms with Gasteiger partial charge < -0.3 is 25.5 Å². The van der Waals surface area contributed by atoms with E-state index in [2.05, 4.69) is 14.9 Å². The summed E-state index contributed by atoms with van der Waals surface area (Å²) in [6, 6.07) is 11.9. The molecule has 2 aliphatic heterocycles. The van der Waals surface area contributed by atoms with Gasteiger partial charge in [0.1, 0.15) is 23.8 Å². The molecule has 7 heteroatoms. The molecule has 0 aliphatic carbocycles. The molecule has 4 atom stereocenters. The Labute approximate surface area is 144 Å². The lowest BCUT2D eigenvalue weighted by atomic mass is 10.1. The van der Waals surface area contributed by atoms with Gasteiger partial charge in [0.05, 0.1) is 17.5 Å². The van der Waals surface area contributed by atoms with Gasteiger partial charge in [0.2, 0.25) is 0 Å². The normalized spacial score (nSPS) is 28.6. The van der Waals surface area contributed by atoms with Crippen LogP contribution in [0.15, 0.2) is 42.6 Å². The largest absolute Gasteiger partial charge is 0.391 e. The average molecular weight is 337 g/mol. The second-order valence-electron chi connectivity index (χ2n) is 6.65. The van der Waals surface area contributed by atoms with Crippen molar-refractivity contribution in [3.8, 4) is 11.4 Å². The van der Waals surface area contributed by atoms with Crippen LogP contribution >= 0.6 is 0 Å². The third-order valence-electron chi connectivity index (χ3n) is 4.96. The van der Waals surface area contributed by atoms with E-state index in [9.17, 15) is 5.11 Å². The number of aliphatic hydroxyl groups is 1. The number of aromatic amines is 1. The first kappa shape index (κ1) is 14.8. The first-order valence-electron chi connectivity index (χ1n) is 8.47. The van der Waals surface area contributed by atoms with Gasteiger partial charge in [0.25, 0.3) is 0 Å². The van der Waals surface area contributed by atoms with Crippen LogP contribution in [-0.2, 0) is 4.74 Å². The monoisotopic (exact) mass is 337 g/mol. The maximum Gasteiger partial charge on any atom is 0.163 e. The van der Waals surface area contributed by atoms with Gasteiger partial charge >= 0.3 is 0 Å². The van der Waals surface area contributed by atoms with E-state index in [4.69, 9.17) is 15.5 Å². The van der Waals surface area contributed by atoms with Crippen molar-refractivity contribution in [2.45, 2.75) is 30.9 Å². The summed E-state index contributed by atoms with van der Waals surface area (Å²) in [6.45, 7) is 0.517. The number of benzene rings is 1. The highest BCUT2D eigenvalue weighted by molar-refractivity contribution is 5.89. The number of aliphatic hydroxyl groups excluding tert-OH is 1. The van der Waals surface area contributed by atoms with Gasteiger partial charge in [-0.1, -0.05) is 30.3 Å². The number of rotatable bonds is 3. The van der Waals surface area contributed by atoms with Crippen LogP contribution < -0.4 is 10.6 Å². The van der Waals surface area contributed by atoms with Crippen molar-refractivity contribution in [1.82, 2.24) is 15.0 Å². The fourth-order valence-electron chi connectivity index (χ4n) is 3.70. The Bertz CT molecular complexity index is 912. The zero-order valence-corrected chi connectivity index (χ0v) is 13.5. The summed E-state index contributed by atoms with van der Waals surface area (Å²) in [6.07, 6.45) is 1.77. The lowest BCUT2D eigenvalue weighted by Crippen LogP contribution is -2.36. The number of hydrogen-bond donors (Lipinski definition) is 3. The number of β-amino-alcohol motifs (C(OH)–C–C–N with tert-alkyl or cyclic N) is 1. The molecule has 1 aromatic carbocycles. The van der Waals surface area contributed by atoms with Crippen LogP contribution in [-0.4, -0.2) is 51.1 Å². The SMILES string of the molecule is NC1OC1[C@@H]1C[C@@H](O)CN1c1nc(-c2ccccc2)nc2[nH]ccc12. The predicted octanol–water partition coefficient (Wildman–Crippen LogP) is 1.25. The molecule has 4 heterocycles. The second-order valence-corrected chi connectivity index (χ2v) is 6.65. The zero-order chi connectivity index (χ0) is 17.0. The highest BCUT2D eigenvalue weighted by Gasteiger charge is 2.49. The Balaban J connectivity index is 1.63. The van der Waals surface area contributed by atoms with E-state index >= 15 is 0 Å². The van der Waals surface area contributed by atoms with Crippen molar-refractivity contribution in [2.24, 2.45) is 5.73 Å². The molecule has 7 nitrogen and oxygen atoms in total. The molecular formula is C18H19N5O2. The van der Waals surface area contributed by atoms with Crippen LogP contribution in [0.3, 0.4) is 0 Å². The summed E-state index contributed by atoms with van der Waals surface area (Å²) in [5.41, 5.74) is 7.61. The highest BCUT2D eigenvalue weighted by Crippen LogP contribution is 2.37. The third-order valence-corrected chi connectivity index (χ3v) is 4.96. The molecule has 128 valence electrons. The zero-order valence-electron chi connectivity index (χ0n) is 13.5. The van der Waals surface area contributed by atoms with Crippen molar-refractivity contribution in [3.05, 3.63) is 42.6 Å². The van der Waals surface area contributed by atoms with Crippen LogP contribution in [0.5, 0.6) is 0 Å². The topological polar surface area (TPSA) is 104 Å². The maximum atomic E-state index is 10.2. The fraction of sp³-hybridized carbons (Fsp3) is 0.333. The number of ether oxygens (including phenoxy) is 1. The minimum atomic E-state index is -0.412. The van der Waals surface area contributed by atoms with E-state index in [0.29, 0.717) is 18.8 Å². The van der Waals surface area contributed by atoms with Crippen LogP contribution in [0.25, 0.3) is 22.4 Å². The number of nitrogens with zero attached hydrogens (tertiary/aromatic N) is 3. The molecule has 5 rings (SSSR count). The summed E-state index contributed by atoms with van der Waals surface area (Å²) in [7, 11) is 0. The Kier molecular flexibility index (Phi) is 3.27. The van der Waals surface area contributed by atoms with E-state index in [0.717, 1.165) is 22.4 Å². The van der Waals surface area contributed by atoms with Crippen LogP contribution in [0.1, 0.15) is 6.42 Å². The smallest absolute Gasteiger partial charge is 0.163 e. The minimum Gasteiger partial charge on any atom is -0.391 e. The molecule has 0 saturated carbocycles. The Morgan fingerprint density at radius 1 is 1.20 bits per heavy atom. The molecular weight excluding hydrogens is 318 g/mol. The van der Waals surface area contributed by atoms with Gasteiger partial charge in [0, 0.05) is 18.3 Å². The van der Waals surface area contributed by atoms with Crippen LogP contribution in [0.4, 0.5) is 5.82 Å². The molecule has 0 amide bonds. The number of fused-ring (bicyclic) bond motifs is 1. The Hall–Kier alpha value is -2.48. The quantitative estimate of drug-likeness (QED) is 0.622. The van der Waals surface area contributed by atoms with Crippen molar-refractivity contribution >= 4 is 16.9 Å². The number of H-pyrrole nitrogens is 1. The molecule has 25 heavy (non-hydrogen) atoms. The molecule has 3 aromatic rings.